The van der Waals surface area contributed by atoms with Crippen molar-refractivity contribution < 1.29 is 19.1 Å². The summed E-state index contributed by atoms with van der Waals surface area (Å²) in [6, 6.07) is 1.61. The molecule has 1 saturated carbocycles. The fraction of sp³-hybridized carbons (Fsp3) is 0.542. The van der Waals surface area contributed by atoms with E-state index in [9.17, 15) is 9.59 Å². The van der Waals surface area contributed by atoms with Crippen molar-refractivity contribution in [3.05, 3.63) is 41.2 Å². The fourth-order valence-electron chi connectivity index (χ4n) is 5.14. The van der Waals surface area contributed by atoms with Crippen LogP contribution in [-0.2, 0) is 16.0 Å². The van der Waals surface area contributed by atoms with Crippen LogP contribution in [0.25, 0.3) is 0 Å². The van der Waals surface area contributed by atoms with E-state index in [1.807, 2.05) is 4.90 Å². The van der Waals surface area contributed by atoms with Gasteiger partial charge in [0.15, 0.2) is 0 Å². The zero-order valence-corrected chi connectivity index (χ0v) is 18.3. The molecule has 2 heterocycles. The molecule has 1 aromatic heterocycles. The van der Waals surface area contributed by atoms with Crippen molar-refractivity contribution in [3.63, 3.8) is 0 Å². The number of hydrogen-bond acceptors (Lipinski definition) is 6. The zero-order chi connectivity index (χ0) is 22.0. The number of aromatic nitrogens is 1. The first-order valence-electron chi connectivity index (χ1n) is 11.1. The van der Waals surface area contributed by atoms with Gasteiger partial charge in [0.2, 0.25) is 5.88 Å². The van der Waals surface area contributed by atoms with Crippen LogP contribution >= 0.6 is 0 Å². The fourth-order valence-corrected chi connectivity index (χ4v) is 5.14. The van der Waals surface area contributed by atoms with Crippen LogP contribution in [0.1, 0.15) is 54.6 Å². The first-order valence-corrected chi connectivity index (χ1v) is 11.1. The third-order valence-corrected chi connectivity index (χ3v) is 6.95. The van der Waals surface area contributed by atoms with Gasteiger partial charge in [0.1, 0.15) is 0 Å². The summed E-state index contributed by atoms with van der Waals surface area (Å²) in [5.74, 6) is 1.82. The number of methoxy groups -OCH3 is 2. The van der Waals surface area contributed by atoms with E-state index >= 15 is 0 Å². The normalized spacial score (nSPS) is 25.6. The third-order valence-electron chi connectivity index (χ3n) is 6.95. The van der Waals surface area contributed by atoms with Gasteiger partial charge >= 0.3 is 5.97 Å². The lowest BCUT2D eigenvalue weighted by molar-refractivity contribution is -0.142. The predicted molar refractivity (Wildman–Crippen MR) is 117 cm³/mol. The summed E-state index contributed by atoms with van der Waals surface area (Å²) in [5, 5.41) is 0. The molecule has 166 valence electrons. The van der Waals surface area contributed by atoms with Crippen LogP contribution in [0.4, 0.5) is 5.69 Å². The Labute approximate surface area is 183 Å². The molecule has 1 amide bonds. The number of anilines is 1. The first-order chi connectivity index (χ1) is 15.0. The van der Waals surface area contributed by atoms with Crippen LogP contribution in [0, 0.1) is 17.8 Å². The topological polar surface area (TPSA) is 94.8 Å². The number of esters is 1. The minimum absolute atomic E-state index is 0.0911. The lowest BCUT2D eigenvalue weighted by Crippen LogP contribution is -2.38. The highest BCUT2D eigenvalue weighted by atomic mass is 16.5. The van der Waals surface area contributed by atoms with Gasteiger partial charge in [-0.05, 0) is 55.9 Å². The number of fused-ring (bicyclic) bond motifs is 1. The Hall–Kier alpha value is -2.83. The smallest absolute Gasteiger partial charge is 0.305 e. The lowest BCUT2D eigenvalue weighted by atomic mass is 9.73. The van der Waals surface area contributed by atoms with Gasteiger partial charge in [0, 0.05) is 31.1 Å². The van der Waals surface area contributed by atoms with Crippen LogP contribution in [0.3, 0.4) is 0 Å². The van der Waals surface area contributed by atoms with Crippen molar-refractivity contribution in [3.8, 4) is 5.88 Å². The Kier molecular flexibility index (Phi) is 6.30. The molecular weight excluding hydrogens is 394 g/mol. The highest BCUT2D eigenvalue weighted by Crippen LogP contribution is 2.39. The van der Waals surface area contributed by atoms with Crippen molar-refractivity contribution in [1.82, 2.24) is 9.88 Å². The summed E-state index contributed by atoms with van der Waals surface area (Å²) in [4.78, 5) is 30.9. The highest BCUT2D eigenvalue weighted by Gasteiger charge is 2.32. The van der Waals surface area contributed by atoms with Gasteiger partial charge in [-0.2, -0.15) is 0 Å². The Morgan fingerprint density at radius 2 is 2.03 bits per heavy atom. The van der Waals surface area contributed by atoms with E-state index in [2.05, 4.69) is 23.2 Å². The van der Waals surface area contributed by atoms with Gasteiger partial charge in [-0.1, -0.05) is 12.2 Å². The molecule has 0 unspecified atom stereocenters. The number of carbonyl (C=O) groups excluding carboxylic acids is 2. The summed E-state index contributed by atoms with van der Waals surface area (Å²) in [7, 11) is 3.00. The van der Waals surface area contributed by atoms with Crippen LogP contribution in [0.15, 0.2) is 30.0 Å². The molecule has 1 aromatic rings. The molecule has 31 heavy (non-hydrogen) atoms. The number of amides is 1. The second kappa shape index (κ2) is 9.12. The number of hydrogen-bond donors (Lipinski definition) is 1. The monoisotopic (exact) mass is 425 g/mol. The summed E-state index contributed by atoms with van der Waals surface area (Å²) >= 11 is 0. The van der Waals surface area contributed by atoms with Gasteiger partial charge in [0.25, 0.3) is 5.91 Å². The van der Waals surface area contributed by atoms with Crippen LogP contribution < -0.4 is 10.5 Å². The Morgan fingerprint density at radius 3 is 2.68 bits per heavy atom. The average Bonchev–Trinajstić information content (AvgIpc) is 2.79. The molecule has 3 aliphatic rings. The predicted octanol–water partition coefficient (Wildman–Crippen LogP) is 3.50. The van der Waals surface area contributed by atoms with Gasteiger partial charge in [-0.25, -0.2) is 4.98 Å². The number of nitrogens with two attached hydrogens (primary N) is 1. The zero-order valence-electron chi connectivity index (χ0n) is 18.3. The number of nitrogen functional groups attached to an aromatic ring is 1. The molecular formula is C24H31N3O4. The summed E-state index contributed by atoms with van der Waals surface area (Å²) in [6.45, 7) is 0.588. The minimum Gasteiger partial charge on any atom is -0.481 e. The average molecular weight is 426 g/mol. The number of rotatable bonds is 5. The molecule has 7 nitrogen and oxygen atoms in total. The molecule has 1 aliphatic heterocycles. The quantitative estimate of drug-likeness (QED) is 0.726. The molecule has 0 saturated heterocycles. The Morgan fingerprint density at radius 1 is 1.26 bits per heavy atom. The SMILES string of the molecule is COC(=O)CC1CCC([C@H]2C=CC(N3CCc4nc(OC)cc(N)c4C3=O)=CC2)CC1. The number of ether oxygens (including phenoxy) is 2. The van der Waals surface area contributed by atoms with Crippen LogP contribution in [0.5, 0.6) is 5.88 Å². The molecule has 0 spiro atoms. The molecule has 0 aromatic carbocycles. The molecule has 0 bridgehead atoms. The minimum atomic E-state index is -0.101. The van der Waals surface area contributed by atoms with E-state index in [1.165, 1.54) is 7.11 Å². The summed E-state index contributed by atoms with van der Waals surface area (Å²) in [5.41, 5.74) is 8.70. The van der Waals surface area contributed by atoms with Crippen molar-refractivity contribution in [2.24, 2.45) is 17.8 Å². The number of allylic oxidation sites excluding steroid dienone is 3. The molecule has 1 fully saturated rings. The van der Waals surface area contributed by atoms with Crippen molar-refractivity contribution in [2.45, 2.75) is 44.9 Å². The maximum atomic E-state index is 13.1. The maximum absolute atomic E-state index is 13.1. The second-order valence-electron chi connectivity index (χ2n) is 8.73. The standard InChI is InChI=1S/C24H31N3O4/c1-30-21-14-19(25)23-20(26-21)11-12-27(24(23)29)18-9-7-17(8-10-18)16-5-3-15(4-6-16)13-22(28)31-2/h7,9-10,14-17H,3-6,8,11-13H2,1-2H3,(H2,25,26)/t15?,16?,17-/m0/s1. The van der Waals surface area contributed by atoms with Gasteiger partial charge in [-0.3, -0.25) is 9.59 Å². The molecule has 2 aliphatic carbocycles. The lowest BCUT2D eigenvalue weighted by Gasteiger charge is -2.35. The van der Waals surface area contributed by atoms with Crippen molar-refractivity contribution in [1.29, 1.82) is 0 Å². The van der Waals surface area contributed by atoms with E-state index in [0.717, 1.165) is 37.8 Å². The molecule has 1 atom stereocenters. The number of nitrogens with zero attached hydrogens (tertiary/aromatic N) is 2. The molecule has 2 N–H and O–H groups in total. The van der Waals surface area contributed by atoms with Gasteiger partial charge in [-0.15, -0.1) is 0 Å². The highest BCUT2D eigenvalue weighted by molar-refractivity contribution is 6.02. The number of pyridine rings is 1. The van der Waals surface area contributed by atoms with Crippen LogP contribution in [-0.4, -0.2) is 42.5 Å². The maximum Gasteiger partial charge on any atom is 0.305 e. The number of carbonyl (C=O) groups is 2. The molecule has 0 radical (unpaired) electrons. The summed E-state index contributed by atoms with van der Waals surface area (Å²) < 4.78 is 9.99. The Bertz CT molecular complexity index is 916. The van der Waals surface area contributed by atoms with E-state index in [1.54, 1.807) is 13.2 Å². The van der Waals surface area contributed by atoms with Crippen molar-refractivity contribution >= 4 is 17.6 Å². The molecule has 4 rings (SSSR count). The molecule has 7 heteroatoms. The van der Waals surface area contributed by atoms with Crippen molar-refractivity contribution in [2.75, 3.05) is 26.5 Å². The van der Waals surface area contributed by atoms with E-state index in [4.69, 9.17) is 15.2 Å². The van der Waals surface area contributed by atoms with Crippen LogP contribution in [0.2, 0.25) is 0 Å². The van der Waals surface area contributed by atoms with Gasteiger partial charge in [0.05, 0.1) is 31.2 Å². The Balaban J connectivity index is 1.37. The first kappa shape index (κ1) is 21.4. The van der Waals surface area contributed by atoms with E-state index in [-0.39, 0.29) is 11.9 Å². The summed E-state index contributed by atoms with van der Waals surface area (Å²) in [6.07, 6.45) is 13.1. The largest absolute Gasteiger partial charge is 0.481 e. The van der Waals surface area contributed by atoms with E-state index < -0.39 is 0 Å². The van der Waals surface area contributed by atoms with Gasteiger partial charge < -0.3 is 20.1 Å². The third kappa shape index (κ3) is 4.45. The second-order valence-corrected chi connectivity index (χ2v) is 8.73. The van der Waals surface area contributed by atoms with E-state index in [0.29, 0.717) is 60.0 Å².